The summed E-state index contributed by atoms with van der Waals surface area (Å²) in [4.78, 5) is 12.1. The quantitative estimate of drug-likeness (QED) is 0.776. The smallest absolute Gasteiger partial charge is 0.273 e. The third kappa shape index (κ3) is 4.00. The number of carbonyl (C=O) groups excluding carboxylic acids is 1. The van der Waals surface area contributed by atoms with Crippen molar-refractivity contribution in [2.24, 2.45) is 0 Å². The van der Waals surface area contributed by atoms with E-state index in [2.05, 4.69) is 15.6 Å². The van der Waals surface area contributed by atoms with Crippen LogP contribution in [0.1, 0.15) is 21.6 Å². The highest BCUT2D eigenvalue weighted by atomic mass is 35.5. The molecule has 0 saturated carbocycles. The first-order chi connectivity index (χ1) is 11.6. The van der Waals surface area contributed by atoms with Crippen LogP contribution in [0.5, 0.6) is 0 Å². The topological polar surface area (TPSA) is 59.8 Å². The Morgan fingerprint density at radius 1 is 1.12 bits per heavy atom. The molecule has 2 aromatic carbocycles. The molecule has 1 amide bonds. The first-order valence-corrected chi connectivity index (χ1v) is 8.01. The van der Waals surface area contributed by atoms with Crippen molar-refractivity contribution in [2.75, 3.05) is 6.54 Å². The van der Waals surface area contributed by atoms with Gasteiger partial charge in [-0.25, -0.2) is 4.68 Å². The summed E-state index contributed by atoms with van der Waals surface area (Å²) in [7, 11) is 0. The maximum absolute atomic E-state index is 12.1. The lowest BCUT2D eigenvalue weighted by Gasteiger charge is -2.03. The average Bonchev–Trinajstić information content (AvgIpc) is 3.07. The Labute approximate surface area is 145 Å². The standard InChI is InChI=1S/C18H17ClN4O/c1-13-2-8-16(9-3-13)23-12-17(21-22-23)18(24)20-11-10-14-4-6-15(19)7-5-14/h2-9,12H,10-11H2,1H3,(H,20,24). The Kier molecular flexibility index (Phi) is 4.91. The van der Waals surface area contributed by atoms with E-state index in [1.165, 1.54) is 5.56 Å². The van der Waals surface area contributed by atoms with Gasteiger partial charge in [-0.15, -0.1) is 5.10 Å². The molecule has 0 saturated heterocycles. The molecule has 0 unspecified atom stereocenters. The normalized spacial score (nSPS) is 10.6. The van der Waals surface area contributed by atoms with Gasteiger partial charge in [-0.05, 0) is 43.2 Å². The van der Waals surface area contributed by atoms with Crippen LogP contribution < -0.4 is 5.32 Å². The molecule has 0 aliphatic carbocycles. The third-order valence-electron chi connectivity index (χ3n) is 3.64. The van der Waals surface area contributed by atoms with E-state index in [9.17, 15) is 4.79 Å². The van der Waals surface area contributed by atoms with Gasteiger partial charge < -0.3 is 5.32 Å². The summed E-state index contributed by atoms with van der Waals surface area (Å²) in [5.41, 5.74) is 3.45. The van der Waals surface area contributed by atoms with Crippen LogP contribution >= 0.6 is 11.6 Å². The molecule has 24 heavy (non-hydrogen) atoms. The van der Waals surface area contributed by atoms with Crippen LogP contribution in [0.4, 0.5) is 0 Å². The molecule has 0 aliphatic heterocycles. The van der Waals surface area contributed by atoms with Gasteiger partial charge in [0.1, 0.15) is 0 Å². The van der Waals surface area contributed by atoms with Crippen molar-refractivity contribution in [1.29, 1.82) is 0 Å². The predicted molar refractivity (Wildman–Crippen MR) is 93.6 cm³/mol. The minimum Gasteiger partial charge on any atom is -0.350 e. The number of aromatic nitrogens is 3. The molecule has 0 fully saturated rings. The summed E-state index contributed by atoms with van der Waals surface area (Å²) in [6.45, 7) is 2.54. The zero-order valence-corrected chi connectivity index (χ0v) is 14.0. The average molecular weight is 341 g/mol. The van der Waals surface area contributed by atoms with Gasteiger partial charge in [0.25, 0.3) is 5.91 Å². The van der Waals surface area contributed by atoms with E-state index in [0.29, 0.717) is 17.3 Å². The number of aryl methyl sites for hydroxylation is 1. The zero-order chi connectivity index (χ0) is 16.9. The number of hydrogen-bond donors (Lipinski definition) is 1. The molecule has 0 atom stereocenters. The summed E-state index contributed by atoms with van der Waals surface area (Å²) in [5, 5.41) is 11.5. The second-order valence-corrected chi connectivity index (χ2v) is 5.95. The van der Waals surface area contributed by atoms with Crippen LogP contribution in [0.15, 0.2) is 54.7 Å². The monoisotopic (exact) mass is 340 g/mol. The van der Waals surface area contributed by atoms with Crippen molar-refractivity contribution >= 4 is 17.5 Å². The molecule has 3 rings (SSSR count). The second-order valence-electron chi connectivity index (χ2n) is 5.52. The molecule has 1 heterocycles. The van der Waals surface area contributed by atoms with Crippen LogP contribution in [-0.4, -0.2) is 27.4 Å². The van der Waals surface area contributed by atoms with Gasteiger partial charge in [0.2, 0.25) is 0 Å². The lowest BCUT2D eigenvalue weighted by atomic mass is 10.1. The maximum atomic E-state index is 12.1. The minimum atomic E-state index is -0.234. The maximum Gasteiger partial charge on any atom is 0.273 e. The van der Waals surface area contributed by atoms with E-state index in [4.69, 9.17) is 11.6 Å². The molecule has 0 aliphatic rings. The number of hydrogen-bond acceptors (Lipinski definition) is 3. The molecule has 122 valence electrons. The fourth-order valence-corrected chi connectivity index (χ4v) is 2.38. The Morgan fingerprint density at radius 2 is 1.83 bits per heavy atom. The Balaban J connectivity index is 1.57. The van der Waals surface area contributed by atoms with E-state index in [1.807, 2.05) is 55.5 Å². The summed E-state index contributed by atoms with van der Waals surface area (Å²) >= 11 is 5.85. The van der Waals surface area contributed by atoms with Gasteiger partial charge in [-0.1, -0.05) is 46.6 Å². The lowest BCUT2D eigenvalue weighted by Crippen LogP contribution is -2.26. The third-order valence-corrected chi connectivity index (χ3v) is 3.89. The SMILES string of the molecule is Cc1ccc(-n2cc(C(=O)NCCc3ccc(Cl)cc3)nn2)cc1. The predicted octanol–water partition coefficient (Wildman–Crippen LogP) is 3.20. The van der Waals surface area contributed by atoms with Crippen molar-refractivity contribution in [2.45, 2.75) is 13.3 Å². The molecule has 6 heteroatoms. The molecule has 1 aromatic heterocycles. The minimum absolute atomic E-state index is 0.234. The van der Waals surface area contributed by atoms with Crippen LogP contribution in [0.2, 0.25) is 5.02 Å². The number of amides is 1. The fraction of sp³-hybridized carbons (Fsp3) is 0.167. The van der Waals surface area contributed by atoms with E-state index in [1.54, 1.807) is 10.9 Å². The first kappa shape index (κ1) is 16.2. The lowest BCUT2D eigenvalue weighted by molar-refractivity contribution is 0.0949. The highest BCUT2D eigenvalue weighted by Crippen LogP contribution is 2.10. The molecule has 0 radical (unpaired) electrons. The Bertz CT molecular complexity index is 825. The van der Waals surface area contributed by atoms with Crippen molar-refractivity contribution in [3.05, 3.63) is 76.6 Å². The highest BCUT2D eigenvalue weighted by molar-refractivity contribution is 6.30. The van der Waals surface area contributed by atoms with Gasteiger partial charge >= 0.3 is 0 Å². The van der Waals surface area contributed by atoms with Gasteiger partial charge in [-0.3, -0.25) is 4.79 Å². The molecule has 3 aromatic rings. The fourth-order valence-electron chi connectivity index (χ4n) is 2.25. The number of nitrogens with one attached hydrogen (secondary N) is 1. The van der Waals surface area contributed by atoms with Crippen LogP contribution in [0, 0.1) is 6.92 Å². The second kappa shape index (κ2) is 7.27. The van der Waals surface area contributed by atoms with Gasteiger partial charge in [0, 0.05) is 11.6 Å². The van der Waals surface area contributed by atoms with E-state index < -0.39 is 0 Å². The van der Waals surface area contributed by atoms with E-state index >= 15 is 0 Å². The Morgan fingerprint density at radius 3 is 2.54 bits per heavy atom. The first-order valence-electron chi connectivity index (χ1n) is 7.64. The number of carbonyl (C=O) groups is 1. The number of benzene rings is 2. The Hall–Kier alpha value is -2.66. The molecular weight excluding hydrogens is 324 g/mol. The summed E-state index contributed by atoms with van der Waals surface area (Å²) in [5.74, 6) is -0.234. The molecular formula is C18H17ClN4O. The van der Waals surface area contributed by atoms with E-state index in [0.717, 1.165) is 17.7 Å². The van der Waals surface area contributed by atoms with Crippen LogP contribution in [0.25, 0.3) is 5.69 Å². The number of nitrogens with zero attached hydrogens (tertiary/aromatic N) is 3. The molecule has 0 bridgehead atoms. The van der Waals surface area contributed by atoms with Crippen molar-refractivity contribution in [3.8, 4) is 5.69 Å². The van der Waals surface area contributed by atoms with Crippen molar-refractivity contribution in [1.82, 2.24) is 20.3 Å². The van der Waals surface area contributed by atoms with Crippen LogP contribution in [-0.2, 0) is 6.42 Å². The number of rotatable bonds is 5. The van der Waals surface area contributed by atoms with Gasteiger partial charge in [-0.2, -0.15) is 0 Å². The largest absolute Gasteiger partial charge is 0.350 e. The molecule has 5 nitrogen and oxygen atoms in total. The van der Waals surface area contributed by atoms with Gasteiger partial charge in [0.15, 0.2) is 5.69 Å². The van der Waals surface area contributed by atoms with Crippen molar-refractivity contribution in [3.63, 3.8) is 0 Å². The highest BCUT2D eigenvalue weighted by Gasteiger charge is 2.11. The summed E-state index contributed by atoms with van der Waals surface area (Å²) in [6.07, 6.45) is 2.36. The summed E-state index contributed by atoms with van der Waals surface area (Å²) in [6, 6.07) is 15.4. The van der Waals surface area contributed by atoms with Crippen LogP contribution in [0.3, 0.4) is 0 Å². The van der Waals surface area contributed by atoms with E-state index in [-0.39, 0.29) is 5.91 Å². The summed E-state index contributed by atoms with van der Waals surface area (Å²) < 4.78 is 1.59. The van der Waals surface area contributed by atoms with Gasteiger partial charge in [0.05, 0.1) is 11.9 Å². The van der Waals surface area contributed by atoms with Crippen molar-refractivity contribution < 1.29 is 4.79 Å². The number of halogens is 1. The molecule has 1 N–H and O–H groups in total. The molecule has 0 spiro atoms. The zero-order valence-electron chi connectivity index (χ0n) is 13.2.